The zero-order valence-corrected chi connectivity index (χ0v) is 12.4. The molecule has 0 aliphatic rings. The van der Waals surface area contributed by atoms with Gasteiger partial charge < -0.3 is 15.2 Å². The van der Waals surface area contributed by atoms with Gasteiger partial charge in [-0.15, -0.1) is 0 Å². The lowest BCUT2D eigenvalue weighted by Gasteiger charge is -2.07. The number of amides is 2. The summed E-state index contributed by atoms with van der Waals surface area (Å²) in [6.45, 7) is 1.97. The molecular formula is C15H17N3O4. The van der Waals surface area contributed by atoms with Crippen LogP contribution in [-0.4, -0.2) is 29.6 Å². The van der Waals surface area contributed by atoms with Crippen molar-refractivity contribution >= 4 is 11.8 Å². The van der Waals surface area contributed by atoms with E-state index in [9.17, 15) is 14.4 Å². The zero-order chi connectivity index (χ0) is 16.1. The minimum Gasteiger partial charge on any atom is -0.355 e. The quantitative estimate of drug-likeness (QED) is 0.787. The molecule has 1 heterocycles. The summed E-state index contributed by atoms with van der Waals surface area (Å²) in [6.07, 6.45) is 0. The van der Waals surface area contributed by atoms with Crippen LogP contribution < -0.4 is 16.3 Å². The Morgan fingerprint density at radius 1 is 1.14 bits per heavy atom. The zero-order valence-electron chi connectivity index (χ0n) is 12.4. The summed E-state index contributed by atoms with van der Waals surface area (Å²) in [7, 11) is 1.50. The molecule has 0 fully saturated rings. The molecule has 1 aromatic heterocycles. The second-order valence-electron chi connectivity index (χ2n) is 4.70. The van der Waals surface area contributed by atoms with Crippen molar-refractivity contribution in [3.63, 3.8) is 0 Å². The van der Waals surface area contributed by atoms with E-state index in [2.05, 4.69) is 10.6 Å². The molecule has 0 atom stereocenters. The van der Waals surface area contributed by atoms with Gasteiger partial charge in [0, 0.05) is 27.1 Å². The Labute approximate surface area is 126 Å². The molecule has 2 amide bonds. The molecule has 0 unspecified atom stereocenters. The molecule has 0 aliphatic carbocycles. The fourth-order valence-corrected chi connectivity index (χ4v) is 2.08. The molecule has 1 aromatic carbocycles. The average molecular weight is 303 g/mol. The molecule has 0 bridgehead atoms. The van der Waals surface area contributed by atoms with Crippen LogP contribution in [0.15, 0.2) is 39.6 Å². The predicted octanol–water partition coefficient (Wildman–Crippen LogP) is 0.511. The van der Waals surface area contributed by atoms with Crippen molar-refractivity contribution in [2.75, 3.05) is 13.1 Å². The molecular weight excluding hydrogens is 286 g/mol. The van der Waals surface area contributed by atoms with Gasteiger partial charge in [0.2, 0.25) is 5.91 Å². The van der Waals surface area contributed by atoms with E-state index in [0.29, 0.717) is 12.1 Å². The highest BCUT2D eigenvalue weighted by Gasteiger charge is 2.22. The third-order valence-electron chi connectivity index (χ3n) is 3.04. The standard InChI is InChI=1S/C15H17N3O4/c1-10(19)16-8-9-17-14(20)13-12(15(21)22-18(13)2)11-6-4-3-5-7-11/h3-7H,8-9H2,1-2H3,(H,16,19)(H,17,20). The van der Waals surface area contributed by atoms with Crippen LogP contribution in [0.3, 0.4) is 0 Å². The first-order valence-corrected chi connectivity index (χ1v) is 6.79. The van der Waals surface area contributed by atoms with Crippen LogP contribution in [0.5, 0.6) is 0 Å². The van der Waals surface area contributed by atoms with E-state index in [1.807, 2.05) is 6.07 Å². The number of hydrogen-bond acceptors (Lipinski definition) is 4. The largest absolute Gasteiger partial charge is 0.366 e. The summed E-state index contributed by atoms with van der Waals surface area (Å²) < 4.78 is 6.15. The molecule has 0 radical (unpaired) electrons. The SMILES string of the molecule is CC(=O)NCCNC(=O)c1c(-c2ccccc2)c(=O)on1C. The van der Waals surface area contributed by atoms with E-state index in [0.717, 1.165) is 4.74 Å². The second kappa shape index (κ2) is 6.75. The number of nitrogens with one attached hydrogen (secondary N) is 2. The number of aromatic nitrogens is 1. The normalized spacial score (nSPS) is 10.3. The second-order valence-corrected chi connectivity index (χ2v) is 4.70. The molecule has 7 nitrogen and oxygen atoms in total. The van der Waals surface area contributed by atoms with Gasteiger partial charge in [-0.2, -0.15) is 0 Å². The third kappa shape index (κ3) is 3.43. The van der Waals surface area contributed by atoms with Crippen LogP contribution in [0.1, 0.15) is 17.4 Å². The van der Waals surface area contributed by atoms with Crippen LogP contribution in [0, 0.1) is 0 Å². The third-order valence-corrected chi connectivity index (χ3v) is 3.04. The first-order valence-electron chi connectivity index (χ1n) is 6.79. The van der Waals surface area contributed by atoms with Crippen LogP contribution in [0.4, 0.5) is 0 Å². The van der Waals surface area contributed by atoms with E-state index in [4.69, 9.17) is 4.52 Å². The number of nitrogens with zero attached hydrogens (tertiary/aromatic N) is 1. The van der Waals surface area contributed by atoms with Crippen molar-refractivity contribution in [1.29, 1.82) is 0 Å². The number of benzene rings is 1. The summed E-state index contributed by atoms with van der Waals surface area (Å²) >= 11 is 0. The summed E-state index contributed by atoms with van der Waals surface area (Å²) in [5.41, 5.74) is 0.420. The van der Waals surface area contributed by atoms with Gasteiger partial charge in [0.1, 0.15) is 5.56 Å². The summed E-state index contributed by atoms with van der Waals surface area (Å²) in [6, 6.07) is 8.85. The summed E-state index contributed by atoms with van der Waals surface area (Å²) in [5.74, 6) is -0.604. The Hall–Kier alpha value is -2.83. The molecule has 0 saturated heterocycles. The smallest absolute Gasteiger partial charge is 0.355 e. The summed E-state index contributed by atoms with van der Waals surface area (Å²) in [5, 5.41) is 5.22. The number of carbonyl (C=O) groups is 2. The summed E-state index contributed by atoms with van der Waals surface area (Å²) in [4.78, 5) is 35.0. The molecule has 0 saturated carbocycles. The Kier molecular flexibility index (Phi) is 4.77. The van der Waals surface area contributed by atoms with E-state index in [1.165, 1.54) is 14.0 Å². The van der Waals surface area contributed by atoms with Gasteiger partial charge in [-0.1, -0.05) is 30.3 Å². The number of aryl methyl sites for hydroxylation is 1. The first kappa shape index (κ1) is 15.6. The highest BCUT2D eigenvalue weighted by molar-refractivity contribution is 5.98. The van der Waals surface area contributed by atoms with Crippen molar-refractivity contribution in [2.45, 2.75) is 6.92 Å². The topological polar surface area (TPSA) is 93.3 Å². The molecule has 2 N–H and O–H groups in total. The maximum absolute atomic E-state index is 12.3. The molecule has 22 heavy (non-hydrogen) atoms. The number of rotatable bonds is 5. The van der Waals surface area contributed by atoms with Crippen molar-refractivity contribution in [2.24, 2.45) is 7.05 Å². The van der Waals surface area contributed by atoms with Crippen LogP contribution in [0.2, 0.25) is 0 Å². The fourth-order valence-electron chi connectivity index (χ4n) is 2.08. The van der Waals surface area contributed by atoms with Crippen molar-refractivity contribution < 1.29 is 14.1 Å². The van der Waals surface area contributed by atoms with Crippen molar-refractivity contribution in [3.05, 3.63) is 46.4 Å². The lowest BCUT2D eigenvalue weighted by molar-refractivity contribution is -0.118. The highest BCUT2D eigenvalue weighted by atomic mass is 16.5. The van der Waals surface area contributed by atoms with Crippen molar-refractivity contribution in [3.8, 4) is 11.1 Å². The van der Waals surface area contributed by atoms with Gasteiger partial charge >= 0.3 is 5.63 Å². The number of carbonyl (C=O) groups excluding carboxylic acids is 2. The fraction of sp³-hybridized carbons (Fsp3) is 0.267. The van der Waals surface area contributed by atoms with Gasteiger partial charge in [0.15, 0.2) is 5.69 Å². The van der Waals surface area contributed by atoms with E-state index < -0.39 is 11.5 Å². The van der Waals surface area contributed by atoms with Gasteiger partial charge in [0.25, 0.3) is 5.91 Å². The monoisotopic (exact) mass is 303 g/mol. The Morgan fingerprint density at radius 2 is 1.77 bits per heavy atom. The lowest BCUT2D eigenvalue weighted by atomic mass is 10.1. The van der Waals surface area contributed by atoms with E-state index in [-0.39, 0.29) is 23.7 Å². The maximum atomic E-state index is 12.3. The predicted molar refractivity (Wildman–Crippen MR) is 80.4 cm³/mol. The Balaban J connectivity index is 2.22. The van der Waals surface area contributed by atoms with E-state index >= 15 is 0 Å². The van der Waals surface area contributed by atoms with Gasteiger partial charge in [-0.05, 0) is 5.56 Å². The molecule has 7 heteroatoms. The van der Waals surface area contributed by atoms with Gasteiger partial charge in [-0.25, -0.2) is 9.53 Å². The molecule has 116 valence electrons. The minimum absolute atomic E-state index is 0.152. The Morgan fingerprint density at radius 3 is 2.41 bits per heavy atom. The van der Waals surface area contributed by atoms with Gasteiger partial charge in [0.05, 0.1) is 0 Å². The number of hydrogen-bond donors (Lipinski definition) is 2. The Bertz CT molecular complexity index is 731. The van der Waals surface area contributed by atoms with Crippen LogP contribution in [-0.2, 0) is 11.8 Å². The highest BCUT2D eigenvalue weighted by Crippen LogP contribution is 2.20. The minimum atomic E-state index is -0.569. The van der Waals surface area contributed by atoms with Crippen LogP contribution >= 0.6 is 0 Å². The van der Waals surface area contributed by atoms with E-state index in [1.54, 1.807) is 24.3 Å². The van der Waals surface area contributed by atoms with Gasteiger partial charge in [-0.3, -0.25) is 9.59 Å². The molecule has 0 aliphatic heterocycles. The first-order chi connectivity index (χ1) is 10.5. The molecule has 2 aromatic rings. The lowest BCUT2D eigenvalue weighted by Crippen LogP contribution is -2.34. The van der Waals surface area contributed by atoms with Crippen molar-refractivity contribution in [1.82, 2.24) is 15.4 Å². The average Bonchev–Trinajstić information content (AvgIpc) is 2.78. The molecule has 2 rings (SSSR count). The van der Waals surface area contributed by atoms with Crippen LogP contribution in [0.25, 0.3) is 11.1 Å². The maximum Gasteiger partial charge on any atom is 0.366 e. The molecule has 0 spiro atoms.